The van der Waals surface area contributed by atoms with Crippen LogP contribution in [0.3, 0.4) is 0 Å². The molecule has 38 heavy (non-hydrogen) atoms. The van der Waals surface area contributed by atoms with Gasteiger partial charge >= 0.3 is 12.4 Å². The predicted octanol–water partition coefficient (Wildman–Crippen LogP) is 6.90. The molecule has 5 nitrogen and oxygen atoms in total. The van der Waals surface area contributed by atoms with Crippen molar-refractivity contribution in [3.05, 3.63) is 65.9 Å². The summed E-state index contributed by atoms with van der Waals surface area (Å²) >= 11 is 0. The quantitative estimate of drug-likeness (QED) is 0.326. The van der Waals surface area contributed by atoms with Crippen molar-refractivity contribution in [3.8, 4) is 0 Å². The van der Waals surface area contributed by atoms with Gasteiger partial charge in [0, 0.05) is 18.4 Å². The number of anilines is 1. The van der Waals surface area contributed by atoms with Gasteiger partial charge in [-0.3, -0.25) is 9.78 Å². The topological polar surface area (TPSA) is 67.3 Å². The van der Waals surface area contributed by atoms with Crippen LogP contribution in [0.25, 0.3) is 10.9 Å². The SMILES string of the molecule is C.CC(C)([C@@H]1CCN(c2cnc3cc(C(F)(F)F)ccc3c2)C(=O)C1)S(=O)(=O)c1cccc(C(F)(F)F)c1. The van der Waals surface area contributed by atoms with Crippen molar-refractivity contribution < 1.29 is 39.6 Å². The largest absolute Gasteiger partial charge is 0.416 e. The molecule has 0 radical (unpaired) electrons. The molecule has 2 aromatic carbocycles. The van der Waals surface area contributed by atoms with Crippen molar-refractivity contribution in [2.24, 2.45) is 5.92 Å². The Morgan fingerprint density at radius 3 is 2.16 bits per heavy atom. The summed E-state index contributed by atoms with van der Waals surface area (Å²) in [5.41, 5.74) is -1.47. The van der Waals surface area contributed by atoms with Crippen molar-refractivity contribution in [1.82, 2.24) is 4.98 Å². The minimum absolute atomic E-state index is 0. The Hall–Kier alpha value is -3.15. The summed E-state index contributed by atoms with van der Waals surface area (Å²) in [4.78, 5) is 18.0. The Kier molecular flexibility index (Phi) is 7.63. The number of halogens is 6. The molecule has 3 aromatic rings. The highest BCUT2D eigenvalue weighted by atomic mass is 32.2. The van der Waals surface area contributed by atoms with Gasteiger partial charge in [-0.25, -0.2) is 8.42 Å². The molecular weight excluding hydrogens is 534 g/mol. The van der Waals surface area contributed by atoms with Crippen LogP contribution in [0.5, 0.6) is 0 Å². The molecule has 0 unspecified atom stereocenters. The molecule has 2 heterocycles. The van der Waals surface area contributed by atoms with Crippen LogP contribution in [0.4, 0.5) is 32.0 Å². The molecule has 0 spiro atoms. The third-order valence-corrected chi connectivity index (χ3v) is 9.47. The minimum Gasteiger partial charge on any atom is -0.311 e. The number of hydrogen-bond donors (Lipinski definition) is 0. The van der Waals surface area contributed by atoms with Crippen LogP contribution in [0, 0.1) is 5.92 Å². The number of sulfone groups is 1. The molecule has 206 valence electrons. The van der Waals surface area contributed by atoms with Gasteiger partial charge in [0.05, 0.1) is 38.2 Å². The first kappa shape index (κ1) is 29.4. The number of pyridine rings is 1. The van der Waals surface area contributed by atoms with Crippen LogP contribution < -0.4 is 4.90 Å². The van der Waals surface area contributed by atoms with Crippen molar-refractivity contribution in [1.29, 1.82) is 0 Å². The normalized spacial score (nSPS) is 17.4. The highest BCUT2D eigenvalue weighted by Gasteiger charge is 2.46. The van der Waals surface area contributed by atoms with Gasteiger partial charge in [0.25, 0.3) is 0 Å². The number of benzene rings is 2. The summed E-state index contributed by atoms with van der Waals surface area (Å²) in [6.07, 6.45) is -7.89. The Bertz CT molecular complexity index is 1470. The first-order chi connectivity index (χ1) is 17.0. The van der Waals surface area contributed by atoms with Gasteiger partial charge in [0.15, 0.2) is 9.84 Å². The molecule has 1 aliphatic rings. The number of alkyl halides is 6. The van der Waals surface area contributed by atoms with E-state index in [9.17, 15) is 39.6 Å². The Morgan fingerprint density at radius 1 is 0.921 bits per heavy atom. The van der Waals surface area contributed by atoms with E-state index < -0.39 is 54.8 Å². The Labute approximate surface area is 216 Å². The van der Waals surface area contributed by atoms with Crippen LogP contribution in [-0.4, -0.2) is 30.6 Å². The summed E-state index contributed by atoms with van der Waals surface area (Å²) in [6, 6.07) is 8.14. The van der Waals surface area contributed by atoms with Gasteiger partial charge in [0.2, 0.25) is 5.91 Å². The van der Waals surface area contributed by atoms with E-state index in [4.69, 9.17) is 0 Å². The summed E-state index contributed by atoms with van der Waals surface area (Å²) in [7, 11) is -4.25. The van der Waals surface area contributed by atoms with Crippen molar-refractivity contribution in [2.45, 2.75) is 56.1 Å². The number of aromatic nitrogens is 1. The highest BCUT2D eigenvalue weighted by molar-refractivity contribution is 7.92. The molecule has 0 N–H and O–H groups in total. The first-order valence-electron chi connectivity index (χ1n) is 11.2. The second-order valence-electron chi connectivity index (χ2n) is 9.47. The van der Waals surface area contributed by atoms with Crippen LogP contribution in [0.2, 0.25) is 0 Å². The fraction of sp³-hybridized carbons (Fsp3) is 0.385. The third-order valence-electron chi connectivity index (χ3n) is 6.88. The Morgan fingerprint density at radius 2 is 1.55 bits per heavy atom. The summed E-state index contributed by atoms with van der Waals surface area (Å²) < 4.78 is 103. The number of hydrogen-bond acceptors (Lipinski definition) is 4. The third kappa shape index (κ3) is 5.36. The summed E-state index contributed by atoms with van der Waals surface area (Å²) in [5.74, 6) is -1.10. The molecule has 0 saturated carbocycles. The maximum atomic E-state index is 13.4. The molecule has 0 aliphatic carbocycles. The van der Waals surface area contributed by atoms with E-state index >= 15 is 0 Å². The first-order valence-corrected chi connectivity index (χ1v) is 12.7. The average molecular weight is 561 g/mol. The van der Waals surface area contributed by atoms with E-state index in [1.54, 1.807) is 0 Å². The molecule has 1 amide bonds. The zero-order chi connectivity index (χ0) is 27.4. The number of fused-ring (bicyclic) bond motifs is 1. The van der Waals surface area contributed by atoms with Gasteiger partial charge in [-0.1, -0.05) is 19.6 Å². The second-order valence-corrected chi connectivity index (χ2v) is 12.0. The number of amides is 1. The number of nitrogens with zero attached hydrogens (tertiary/aromatic N) is 2. The lowest BCUT2D eigenvalue weighted by Gasteiger charge is -2.39. The van der Waals surface area contributed by atoms with E-state index in [1.807, 2.05) is 0 Å². The van der Waals surface area contributed by atoms with Gasteiger partial charge < -0.3 is 4.90 Å². The zero-order valence-corrected chi connectivity index (χ0v) is 20.5. The van der Waals surface area contributed by atoms with Gasteiger partial charge in [-0.05, 0) is 62.6 Å². The van der Waals surface area contributed by atoms with Crippen molar-refractivity contribution >= 4 is 32.3 Å². The smallest absolute Gasteiger partial charge is 0.311 e. The fourth-order valence-electron chi connectivity index (χ4n) is 4.50. The predicted molar refractivity (Wildman–Crippen MR) is 131 cm³/mol. The maximum absolute atomic E-state index is 13.4. The molecule has 1 saturated heterocycles. The van der Waals surface area contributed by atoms with Crippen molar-refractivity contribution in [2.75, 3.05) is 11.4 Å². The van der Waals surface area contributed by atoms with E-state index in [-0.39, 0.29) is 32.3 Å². The molecular formula is C26H26F6N2O3S. The summed E-state index contributed by atoms with van der Waals surface area (Å²) in [6.45, 7) is 2.90. The number of carbonyl (C=O) groups excluding carboxylic acids is 1. The lowest BCUT2D eigenvalue weighted by molar-refractivity contribution is -0.138. The van der Waals surface area contributed by atoms with Crippen LogP contribution in [0.1, 0.15) is 45.2 Å². The van der Waals surface area contributed by atoms with Crippen LogP contribution in [0.15, 0.2) is 59.6 Å². The average Bonchev–Trinajstić information content (AvgIpc) is 2.82. The number of piperidine rings is 1. The molecule has 1 fully saturated rings. The zero-order valence-electron chi connectivity index (χ0n) is 19.7. The lowest BCUT2D eigenvalue weighted by Crippen LogP contribution is -2.48. The number of rotatable bonds is 4. The monoisotopic (exact) mass is 560 g/mol. The maximum Gasteiger partial charge on any atom is 0.416 e. The van der Waals surface area contributed by atoms with Gasteiger partial charge in [-0.15, -0.1) is 0 Å². The second kappa shape index (κ2) is 9.87. The van der Waals surface area contributed by atoms with E-state index in [0.717, 1.165) is 30.3 Å². The van der Waals surface area contributed by atoms with Gasteiger partial charge in [0.1, 0.15) is 0 Å². The van der Waals surface area contributed by atoms with Crippen LogP contribution >= 0.6 is 0 Å². The minimum atomic E-state index is -4.71. The molecule has 4 rings (SSSR count). The van der Waals surface area contributed by atoms with Crippen LogP contribution in [-0.2, 0) is 27.0 Å². The van der Waals surface area contributed by atoms with E-state index in [0.29, 0.717) is 17.1 Å². The number of carbonyl (C=O) groups is 1. The molecule has 0 bridgehead atoms. The highest BCUT2D eigenvalue weighted by Crippen LogP contribution is 2.41. The van der Waals surface area contributed by atoms with Gasteiger partial charge in [-0.2, -0.15) is 26.3 Å². The molecule has 1 aliphatic heterocycles. The molecule has 1 aromatic heterocycles. The molecule has 1 atom stereocenters. The molecule has 12 heteroatoms. The van der Waals surface area contributed by atoms with E-state index in [1.165, 1.54) is 37.1 Å². The summed E-state index contributed by atoms with van der Waals surface area (Å²) in [5, 5.41) is 0.396. The fourth-order valence-corrected chi connectivity index (χ4v) is 6.28. The Balaban J connectivity index is 0.00000400. The standard InChI is InChI=1S/C25H22F6N2O3S.CH4/c1-23(2,37(35,36)20-5-3-4-17(11-20)24(26,27)28)16-8-9-33(22(34)13-16)19-10-15-6-7-18(25(29,30)31)12-21(15)32-14-19;/h3-7,10-12,14,16H,8-9,13H2,1-2H3;1H4/t16-;/m1./s1. The lowest BCUT2D eigenvalue weighted by atomic mass is 9.85. The van der Waals surface area contributed by atoms with Crippen molar-refractivity contribution in [3.63, 3.8) is 0 Å². The van der Waals surface area contributed by atoms with E-state index in [2.05, 4.69) is 4.98 Å².